The van der Waals surface area contributed by atoms with E-state index in [4.69, 9.17) is 16.3 Å². The molecular weight excluding hydrogens is 370 g/mol. The van der Waals surface area contributed by atoms with E-state index in [0.29, 0.717) is 29.4 Å². The first-order valence-electron chi connectivity index (χ1n) is 8.73. The molecule has 27 heavy (non-hydrogen) atoms. The Kier molecular flexibility index (Phi) is 5.53. The lowest BCUT2D eigenvalue weighted by Gasteiger charge is -2.35. The molecule has 0 aliphatic carbocycles. The van der Waals surface area contributed by atoms with Crippen LogP contribution < -0.4 is 0 Å². The highest BCUT2D eigenvalue weighted by Gasteiger charge is 2.34. The number of hydrogen-bond acceptors (Lipinski definition) is 4. The van der Waals surface area contributed by atoms with Gasteiger partial charge in [-0.25, -0.2) is 4.79 Å². The first-order valence-corrected chi connectivity index (χ1v) is 9.10. The van der Waals surface area contributed by atoms with E-state index in [-0.39, 0.29) is 18.6 Å². The number of morpholine rings is 1. The topological polar surface area (TPSA) is 84.7 Å². The zero-order chi connectivity index (χ0) is 19.7. The number of benzene rings is 1. The van der Waals surface area contributed by atoms with Crippen molar-refractivity contribution in [3.05, 3.63) is 51.8 Å². The van der Waals surface area contributed by atoms with Gasteiger partial charge in [-0.05, 0) is 32.4 Å². The summed E-state index contributed by atoms with van der Waals surface area (Å²) in [6.45, 7) is 6.20. The van der Waals surface area contributed by atoms with Crippen molar-refractivity contribution in [3.63, 3.8) is 0 Å². The van der Waals surface area contributed by atoms with Gasteiger partial charge in [0.15, 0.2) is 6.10 Å². The third-order valence-electron chi connectivity index (χ3n) is 4.70. The standard InChI is InChI=1S/C19H22ClN3O4/c1-11-8-22(10-16(27-11)19(25)26)18(24)17-12(2)21-23(13(17)3)9-14-6-4-5-7-15(14)20/h4-7,11,16H,8-10H2,1-3H3,(H,25,26)/t11-,16?/m1/s1. The molecule has 1 aromatic carbocycles. The molecule has 1 unspecified atom stereocenters. The fourth-order valence-electron chi connectivity index (χ4n) is 3.36. The Morgan fingerprint density at radius 3 is 2.67 bits per heavy atom. The number of aliphatic carboxylic acids is 1. The Bertz CT molecular complexity index is 880. The van der Waals surface area contributed by atoms with Crippen LogP contribution in [0.2, 0.25) is 5.02 Å². The molecule has 1 aliphatic heterocycles. The number of hydrogen-bond donors (Lipinski definition) is 1. The van der Waals surface area contributed by atoms with Crippen LogP contribution in [0.3, 0.4) is 0 Å². The average Bonchev–Trinajstić information content (AvgIpc) is 2.89. The quantitative estimate of drug-likeness (QED) is 0.865. The highest BCUT2D eigenvalue weighted by atomic mass is 35.5. The van der Waals surface area contributed by atoms with Crippen LogP contribution in [0.15, 0.2) is 24.3 Å². The fraction of sp³-hybridized carbons (Fsp3) is 0.421. The van der Waals surface area contributed by atoms with Gasteiger partial charge in [0.05, 0.1) is 30.5 Å². The lowest BCUT2D eigenvalue weighted by Crippen LogP contribution is -2.52. The zero-order valence-electron chi connectivity index (χ0n) is 15.5. The molecule has 1 amide bonds. The third-order valence-corrected chi connectivity index (χ3v) is 5.06. The van der Waals surface area contributed by atoms with E-state index in [1.165, 1.54) is 4.90 Å². The van der Waals surface area contributed by atoms with E-state index < -0.39 is 12.1 Å². The van der Waals surface area contributed by atoms with Crippen molar-refractivity contribution in [2.45, 2.75) is 39.5 Å². The van der Waals surface area contributed by atoms with Crippen LogP contribution in [0.1, 0.15) is 34.2 Å². The average molecular weight is 392 g/mol. The number of rotatable bonds is 4. The third kappa shape index (κ3) is 3.99. The number of aryl methyl sites for hydroxylation is 1. The highest BCUT2D eigenvalue weighted by molar-refractivity contribution is 6.31. The monoisotopic (exact) mass is 391 g/mol. The van der Waals surface area contributed by atoms with E-state index >= 15 is 0 Å². The van der Waals surface area contributed by atoms with Gasteiger partial charge in [-0.2, -0.15) is 5.10 Å². The predicted molar refractivity (Wildman–Crippen MR) is 100 cm³/mol. The lowest BCUT2D eigenvalue weighted by molar-refractivity contribution is -0.160. The second kappa shape index (κ2) is 7.70. The second-order valence-corrected chi connectivity index (χ2v) is 7.19. The number of amides is 1. The molecule has 2 atom stereocenters. The van der Waals surface area contributed by atoms with E-state index in [0.717, 1.165) is 11.3 Å². The van der Waals surface area contributed by atoms with E-state index in [9.17, 15) is 14.7 Å². The van der Waals surface area contributed by atoms with Crippen molar-refractivity contribution in [2.24, 2.45) is 0 Å². The molecule has 1 aromatic heterocycles. The SMILES string of the molecule is Cc1nn(Cc2ccccc2Cl)c(C)c1C(=O)N1CC(C(=O)O)O[C@H](C)C1. The molecule has 144 valence electrons. The van der Waals surface area contributed by atoms with E-state index in [1.54, 1.807) is 18.5 Å². The minimum atomic E-state index is -1.07. The molecule has 0 bridgehead atoms. The number of ether oxygens (including phenoxy) is 1. The van der Waals surface area contributed by atoms with Crippen LogP contribution in [-0.4, -0.2) is 57.0 Å². The minimum absolute atomic E-state index is 0.0209. The van der Waals surface area contributed by atoms with Gasteiger partial charge in [-0.15, -0.1) is 0 Å². The molecule has 1 saturated heterocycles. The molecule has 2 aromatic rings. The zero-order valence-corrected chi connectivity index (χ0v) is 16.2. The van der Waals surface area contributed by atoms with Gasteiger partial charge >= 0.3 is 5.97 Å². The Hall–Kier alpha value is -2.38. The van der Waals surface area contributed by atoms with Crippen molar-refractivity contribution in [3.8, 4) is 0 Å². The molecule has 0 radical (unpaired) electrons. The number of aromatic nitrogens is 2. The minimum Gasteiger partial charge on any atom is -0.479 e. The van der Waals surface area contributed by atoms with Crippen molar-refractivity contribution in [1.82, 2.24) is 14.7 Å². The van der Waals surface area contributed by atoms with Crippen molar-refractivity contribution in [1.29, 1.82) is 0 Å². The normalized spacial score (nSPS) is 19.9. The summed E-state index contributed by atoms with van der Waals surface area (Å²) in [4.78, 5) is 25.9. The summed E-state index contributed by atoms with van der Waals surface area (Å²) in [5.74, 6) is -1.29. The predicted octanol–water partition coefficient (Wildman–Crippen LogP) is 2.52. The van der Waals surface area contributed by atoms with Gasteiger partial charge in [0.2, 0.25) is 0 Å². The second-order valence-electron chi connectivity index (χ2n) is 6.78. The Labute approximate surface area is 162 Å². The van der Waals surface area contributed by atoms with Gasteiger partial charge in [0.25, 0.3) is 5.91 Å². The van der Waals surface area contributed by atoms with Crippen molar-refractivity contribution in [2.75, 3.05) is 13.1 Å². The van der Waals surface area contributed by atoms with E-state index in [2.05, 4.69) is 5.10 Å². The molecule has 0 spiro atoms. The number of carbonyl (C=O) groups excluding carboxylic acids is 1. The van der Waals surface area contributed by atoms with Crippen LogP contribution in [0.25, 0.3) is 0 Å². The maximum absolute atomic E-state index is 13.1. The van der Waals surface area contributed by atoms with Crippen LogP contribution in [0.5, 0.6) is 0 Å². The number of carboxylic acid groups (broad SMARTS) is 1. The number of halogens is 1. The number of carboxylic acids is 1. The fourth-order valence-corrected chi connectivity index (χ4v) is 3.56. The highest BCUT2D eigenvalue weighted by Crippen LogP contribution is 2.22. The van der Waals surface area contributed by atoms with Crippen molar-refractivity contribution < 1.29 is 19.4 Å². The summed E-state index contributed by atoms with van der Waals surface area (Å²) in [7, 11) is 0. The van der Waals surface area contributed by atoms with Crippen LogP contribution in [0.4, 0.5) is 0 Å². The van der Waals surface area contributed by atoms with Gasteiger partial charge in [0.1, 0.15) is 0 Å². The summed E-state index contributed by atoms with van der Waals surface area (Å²) < 4.78 is 7.15. The first kappa shape index (κ1) is 19.4. The Morgan fingerprint density at radius 2 is 2.00 bits per heavy atom. The maximum atomic E-state index is 13.1. The summed E-state index contributed by atoms with van der Waals surface area (Å²) in [6.07, 6.45) is -1.36. The molecule has 8 heteroatoms. The van der Waals surface area contributed by atoms with Crippen LogP contribution in [0, 0.1) is 13.8 Å². The van der Waals surface area contributed by atoms with Gasteiger partial charge in [-0.3, -0.25) is 9.48 Å². The molecular formula is C19H22ClN3O4. The number of carbonyl (C=O) groups is 2. The smallest absolute Gasteiger partial charge is 0.334 e. The molecule has 1 aliphatic rings. The lowest BCUT2D eigenvalue weighted by atomic mass is 10.1. The molecule has 1 N–H and O–H groups in total. The largest absolute Gasteiger partial charge is 0.479 e. The van der Waals surface area contributed by atoms with Crippen LogP contribution >= 0.6 is 11.6 Å². The summed E-state index contributed by atoms with van der Waals surface area (Å²) in [6, 6.07) is 7.50. The molecule has 3 rings (SSSR count). The van der Waals surface area contributed by atoms with Crippen LogP contribution in [-0.2, 0) is 16.1 Å². The first-order chi connectivity index (χ1) is 12.8. The van der Waals surface area contributed by atoms with Gasteiger partial charge in [-0.1, -0.05) is 29.8 Å². The summed E-state index contributed by atoms with van der Waals surface area (Å²) >= 11 is 6.23. The molecule has 0 saturated carbocycles. The maximum Gasteiger partial charge on any atom is 0.334 e. The van der Waals surface area contributed by atoms with Crippen molar-refractivity contribution >= 4 is 23.5 Å². The Balaban J connectivity index is 1.86. The molecule has 2 heterocycles. The molecule has 1 fully saturated rings. The number of nitrogens with zero attached hydrogens (tertiary/aromatic N) is 3. The van der Waals surface area contributed by atoms with Gasteiger partial charge < -0.3 is 14.7 Å². The molecule has 7 nitrogen and oxygen atoms in total. The van der Waals surface area contributed by atoms with E-state index in [1.807, 2.05) is 31.2 Å². The summed E-state index contributed by atoms with van der Waals surface area (Å²) in [5, 5.41) is 14.4. The summed E-state index contributed by atoms with van der Waals surface area (Å²) in [5.41, 5.74) is 2.74. The Morgan fingerprint density at radius 1 is 1.30 bits per heavy atom. The van der Waals surface area contributed by atoms with Gasteiger partial charge in [0, 0.05) is 17.3 Å².